The third-order valence-corrected chi connectivity index (χ3v) is 3.77. The number of amides is 1. The molecule has 1 unspecified atom stereocenters. The minimum absolute atomic E-state index is 0.0529. The third kappa shape index (κ3) is 4.81. The summed E-state index contributed by atoms with van der Waals surface area (Å²) in [5.41, 5.74) is 0.448. The summed E-state index contributed by atoms with van der Waals surface area (Å²) in [7, 11) is 0. The number of carboxylic acids is 1. The van der Waals surface area contributed by atoms with Gasteiger partial charge in [0.15, 0.2) is 6.04 Å². The van der Waals surface area contributed by atoms with E-state index in [1.165, 1.54) is 11.8 Å². The number of ether oxygens (including phenoxy) is 1. The molecule has 1 aromatic rings. The lowest BCUT2D eigenvalue weighted by Crippen LogP contribution is -2.44. The van der Waals surface area contributed by atoms with Gasteiger partial charge in [-0.15, -0.1) is 11.8 Å². The molecule has 0 fully saturated rings. The maximum Gasteiger partial charge on any atom is 0.328 e. The highest BCUT2D eigenvalue weighted by Crippen LogP contribution is 2.24. The molecule has 1 aromatic carbocycles. The molecule has 1 atom stereocenters. The Morgan fingerprint density at radius 3 is 2.75 bits per heavy atom. The van der Waals surface area contributed by atoms with Gasteiger partial charge in [0, 0.05) is 16.0 Å². The van der Waals surface area contributed by atoms with E-state index in [1.54, 1.807) is 19.1 Å². The molecule has 0 saturated carbocycles. The van der Waals surface area contributed by atoms with E-state index in [0.29, 0.717) is 12.2 Å². The van der Waals surface area contributed by atoms with Gasteiger partial charge in [0.25, 0.3) is 5.91 Å². The first-order valence-electron chi connectivity index (χ1n) is 5.94. The van der Waals surface area contributed by atoms with Crippen LogP contribution >= 0.6 is 27.7 Å². The summed E-state index contributed by atoms with van der Waals surface area (Å²) in [5.74, 6) is -1.54. The van der Waals surface area contributed by atoms with Crippen LogP contribution in [0.2, 0.25) is 0 Å². The second-order valence-electron chi connectivity index (χ2n) is 3.87. The fraction of sp³-hybridized carbons (Fsp3) is 0.385. The monoisotopic (exact) mass is 361 g/mol. The van der Waals surface area contributed by atoms with Gasteiger partial charge >= 0.3 is 5.97 Å². The quantitative estimate of drug-likeness (QED) is 0.729. The molecular formula is C13H16BrNO4S. The van der Waals surface area contributed by atoms with E-state index < -0.39 is 17.9 Å². The summed E-state index contributed by atoms with van der Waals surface area (Å²) >= 11 is 4.76. The van der Waals surface area contributed by atoms with Gasteiger partial charge < -0.3 is 15.2 Å². The van der Waals surface area contributed by atoms with Crippen molar-refractivity contribution in [2.24, 2.45) is 0 Å². The number of carboxylic acid groups (broad SMARTS) is 1. The highest BCUT2D eigenvalue weighted by molar-refractivity contribution is 9.10. The first-order chi connectivity index (χ1) is 9.49. The molecule has 7 heteroatoms. The number of rotatable bonds is 7. The number of hydrogen-bond donors (Lipinski definition) is 2. The van der Waals surface area contributed by atoms with Crippen LogP contribution in [0.15, 0.2) is 27.6 Å². The summed E-state index contributed by atoms with van der Waals surface area (Å²) in [6.45, 7) is 2.11. The van der Waals surface area contributed by atoms with Crippen molar-refractivity contribution < 1.29 is 19.4 Å². The number of benzene rings is 1. The van der Waals surface area contributed by atoms with Gasteiger partial charge in [0.2, 0.25) is 0 Å². The van der Waals surface area contributed by atoms with Crippen molar-refractivity contribution in [3.63, 3.8) is 0 Å². The SMILES string of the molecule is CCOCC(NC(=O)c1ccc(Br)cc1SC)C(=O)O. The Hall–Kier alpha value is -1.05. The predicted octanol–water partition coefficient (Wildman–Crippen LogP) is 2.39. The average molecular weight is 362 g/mol. The Morgan fingerprint density at radius 1 is 1.50 bits per heavy atom. The van der Waals surface area contributed by atoms with Crippen molar-refractivity contribution in [1.82, 2.24) is 5.32 Å². The molecule has 1 amide bonds. The molecule has 0 aliphatic carbocycles. The third-order valence-electron chi connectivity index (χ3n) is 2.50. The van der Waals surface area contributed by atoms with Crippen LogP contribution in [-0.2, 0) is 9.53 Å². The number of carbonyl (C=O) groups excluding carboxylic acids is 1. The first kappa shape index (κ1) is 17.0. The summed E-state index contributed by atoms with van der Waals surface area (Å²) in [6.07, 6.45) is 1.85. The Bertz CT molecular complexity index is 495. The van der Waals surface area contributed by atoms with E-state index in [4.69, 9.17) is 9.84 Å². The molecule has 0 bridgehead atoms. The number of thioether (sulfide) groups is 1. The van der Waals surface area contributed by atoms with E-state index in [1.807, 2.05) is 12.3 Å². The lowest BCUT2D eigenvalue weighted by molar-refractivity contribution is -0.140. The standard InChI is InChI=1S/C13H16BrNO4S/c1-3-19-7-10(13(17)18)15-12(16)9-5-4-8(14)6-11(9)20-2/h4-6,10H,3,7H2,1-2H3,(H,15,16)(H,17,18). The number of hydrogen-bond acceptors (Lipinski definition) is 4. The summed E-state index contributed by atoms with van der Waals surface area (Å²) in [6, 6.07) is 4.16. The second kappa shape index (κ2) is 8.28. The lowest BCUT2D eigenvalue weighted by atomic mass is 10.2. The Balaban J connectivity index is 2.86. The minimum Gasteiger partial charge on any atom is -0.480 e. The van der Waals surface area contributed by atoms with E-state index in [-0.39, 0.29) is 6.61 Å². The number of halogens is 1. The molecule has 2 N–H and O–H groups in total. The molecule has 0 aliphatic heterocycles. The van der Waals surface area contributed by atoms with Crippen LogP contribution in [0.25, 0.3) is 0 Å². The van der Waals surface area contributed by atoms with Crippen LogP contribution in [0, 0.1) is 0 Å². The maximum atomic E-state index is 12.2. The highest BCUT2D eigenvalue weighted by atomic mass is 79.9. The van der Waals surface area contributed by atoms with Gasteiger partial charge in [-0.3, -0.25) is 4.79 Å². The van der Waals surface area contributed by atoms with Crippen molar-refractivity contribution in [3.05, 3.63) is 28.2 Å². The van der Waals surface area contributed by atoms with Crippen LogP contribution in [0.3, 0.4) is 0 Å². The smallest absolute Gasteiger partial charge is 0.328 e. The Labute approximate surface area is 130 Å². The van der Waals surface area contributed by atoms with Crippen molar-refractivity contribution >= 4 is 39.6 Å². The van der Waals surface area contributed by atoms with Crippen molar-refractivity contribution in [3.8, 4) is 0 Å². The molecule has 5 nitrogen and oxygen atoms in total. The predicted molar refractivity (Wildman–Crippen MR) is 81.3 cm³/mol. The topological polar surface area (TPSA) is 75.6 Å². The molecule has 0 radical (unpaired) electrons. The maximum absolute atomic E-state index is 12.2. The Morgan fingerprint density at radius 2 is 2.20 bits per heavy atom. The zero-order valence-electron chi connectivity index (χ0n) is 11.2. The zero-order chi connectivity index (χ0) is 15.1. The van der Waals surface area contributed by atoms with Gasteiger partial charge in [0.1, 0.15) is 0 Å². The number of carbonyl (C=O) groups is 2. The van der Waals surface area contributed by atoms with E-state index >= 15 is 0 Å². The zero-order valence-corrected chi connectivity index (χ0v) is 13.6. The van der Waals surface area contributed by atoms with Crippen molar-refractivity contribution in [1.29, 1.82) is 0 Å². The molecular weight excluding hydrogens is 346 g/mol. The van der Waals surface area contributed by atoms with Crippen LogP contribution in [0.4, 0.5) is 0 Å². The number of nitrogens with one attached hydrogen (secondary N) is 1. The number of aliphatic carboxylic acids is 1. The van der Waals surface area contributed by atoms with Crippen molar-refractivity contribution in [2.75, 3.05) is 19.5 Å². The largest absolute Gasteiger partial charge is 0.480 e. The molecule has 20 heavy (non-hydrogen) atoms. The second-order valence-corrected chi connectivity index (χ2v) is 5.63. The normalized spacial score (nSPS) is 11.9. The lowest BCUT2D eigenvalue weighted by Gasteiger charge is -2.15. The van der Waals surface area contributed by atoms with Gasteiger partial charge in [-0.05, 0) is 31.4 Å². The van der Waals surface area contributed by atoms with Gasteiger partial charge in [0.05, 0.1) is 12.2 Å². The van der Waals surface area contributed by atoms with Crippen LogP contribution in [0.1, 0.15) is 17.3 Å². The van der Waals surface area contributed by atoms with Crippen LogP contribution in [-0.4, -0.2) is 42.5 Å². The van der Waals surface area contributed by atoms with E-state index in [9.17, 15) is 9.59 Å². The van der Waals surface area contributed by atoms with Crippen molar-refractivity contribution in [2.45, 2.75) is 17.9 Å². The molecule has 0 aromatic heterocycles. The Kier molecular flexibility index (Phi) is 7.04. The van der Waals surface area contributed by atoms with Crippen LogP contribution in [0.5, 0.6) is 0 Å². The van der Waals surface area contributed by atoms with Gasteiger partial charge in [-0.1, -0.05) is 15.9 Å². The summed E-state index contributed by atoms with van der Waals surface area (Å²) < 4.78 is 5.92. The fourth-order valence-corrected chi connectivity index (χ4v) is 2.64. The summed E-state index contributed by atoms with van der Waals surface area (Å²) in [5, 5.41) is 11.5. The minimum atomic E-state index is -1.12. The summed E-state index contributed by atoms with van der Waals surface area (Å²) in [4.78, 5) is 24.0. The van der Waals surface area contributed by atoms with Gasteiger partial charge in [-0.2, -0.15) is 0 Å². The fourth-order valence-electron chi connectivity index (χ4n) is 1.50. The molecule has 1 rings (SSSR count). The van der Waals surface area contributed by atoms with Gasteiger partial charge in [-0.25, -0.2) is 4.79 Å². The van der Waals surface area contributed by atoms with E-state index in [2.05, 4.69) is 21.2 Å². The molecule has 110 valence electrons. The van der Waals surface area contributed by atoms with E-state index in [0.717, 1.165) is 9.37 Å². The molecule has 0 spiro atoms. The first-order valence-corrected chi connectivity index (χ1v) is 7.96. The molecule has 0 aliphatic rings. The molecule has 0 heterocycles. The highest BCUT2D eigenvalue weighted by Gasteiger charge is 2.22. The average Bonchev–Trinajstić information content (AvgIpc) is 2.42. The molecule has 0 saturated heterocycles. The van der Waals surface area contributed by atoms with Crippen LogP contribution < -0.4 is 5.32 Å².